The highest BCUT2D eigenvalue weighted by Gasteiger charge is 2.41. The molecule has 0 unspecified atom stereocenters. The van der Waals surface area contributed by atoms with Gasteiger partial charge in [0.05, 0.1) is 31.0 Å². The van der Waals surface area contributed by atoms with Gasteiger partial charge in [0.15, 0.2) is 5.82 Å². The van der Waals surface area contributed by atoms with E-state index in [9.17, 15) is 14.4 Å². The van der Waals surface area contributed by atoms with Crippen LogP contribution in [-0.2, 0) is 9.53 Å². The minimum absolute atomic E-state index is 0.0356. The molecule has 0 radical (unpaired) electrons. The van der Waals surface area contributed by atoms with E-state index >= 15 is 0 Å². The molecule has 1 saturated heterocycles. The smallest absolute Gasteiger partial charge is 0.409 e. The van der Waals surface area contributed by atoms with Crippen LogP contribution in [-0.4, -0.2) is 85.8 Å². The Bertz CT molecular complexity index is 1360. The van der Waals surface area contributed by atoms with Gasteiger partial charge in [-0.3, -0.25) is 9.59 Å². The Morgan fingerprint density at radius 1 is 1.16 bits per heavy atom. The first-order valence-corrected chi connectivity index (χ1v) is 15.1. The molecule has 0 bridgehead atoms. The maximum Gasteiger partial charge on any atom is 0.409 e. The van der Waals surface area contributed by atoms with E-state index in [1.54, 1.807) is 41.2 Å². The van der Waals surface area contributed by atoms with Crippen molar-refractivity contribution < 1.29 is 23.9 Å². The van der Waals surface area contributed by atoms with Gasteiger partial charge in [-0.25, -0.2) is 9.78 Å². The quantitative estimate of drug-likeness (QED) is 0.433. The molecule has 3 amide bonds. The average Bonchev–Trinajstić information content (AvgIpc) is 3.68. The Kier molecular flexibility index (Phi) is 8.93. The number of amides is 3. The summed E-state index contributed by atoms with van der Waals surface area (Å²) < 4.78 is 10.9. The van der Waals surface area contributed by atoms with Crippen molar-refractivity contribution in [2.45, 2.75) is 58.9 Å². The van der Waals surface area contributed by atoms with Crippen molar-refractivity contribution in [3.05, 3.63) is 30.0 Å². The fourth-order valence-corrected chi connectivity index (χ4v) is 6.18. The number of methoxy groups -OCH3 is 1. The first-order valence-electron chi connectivity index (χ1n) is 15.1. The molecule has 2 aromatic rings. The fraction of sp³-hybridized carbons (Fsp3) is 0.581. The van der Waals surface area contributed by atoms with Gasteiger partial charge in [-0.2, -0.15) is 4.98 Å². The van der Waals surface area contributed by atoms with Crippen molar-refractivity contribution in [1.29, 1.82) is 0 Å². The second kappa shape index (κ2) is 12.6. The maximum absolute atomic E-state index is 13.3. The van der Waals surface area contributed by atoms with E-state index < -0.39 is 5.41 Å². The van der Waals surface area contributed by atoms with Crippen LogP contribution in [0.1, 0.15) is 63.2 Å². The van der Waals surface area contributed by atoms with Crippen LogP contribution in [0.3, 0.4) is 0 Å². The summed E-state index contributed by atoms with van der Waals surface area (Å²) in [4.78, 5) is 53.3. The number of nitrogens with zero attached hydrogens (tertiary/aromatic N) is 5. The van der Waals surface area contributed by atoms with E-state index in [1.165, 1.54) is 7.11 Å². The van der Waals surface area contributed by atoms with Gasteiger partial charge in [-0.05, 0) is 57.2 Å². The van der Waals surface area contributed by atoms with Gasteiger partial charge in [0.1, 0.15) is 18.0 Å². The fourth-order valence-electron chi connectivity index (χ4n) is 6.18. The van der Waals surface area contributed by atoms with Crippen LogP contribution in [0.4, 0.5) is 27.9 Å². The summed E-state index contributed by atoms with van der Waals surface area (Å²) in [5.41, 5.74) is 1.12. The Balaban J connectivity index is 1.27. The van der Waals surface area contributed by atoms with Crippen LogP contribution in [0, 0.1) is 11.3 Å². The van der Waals surface area contributed by atoms with Crippen LogP contribution in [0.25, 0.3) is 0 Å². The normalized spacial score (nSPS) is 20.1. The topological polar surface area (TPSA) is 129 Å². The lowest BCUT2D eigenvalue weighted by molar-refractivity contribution is -0.125. The Hall–Kier alpha value is -4.09. The lowest BCUT2D eigenvalue weighted by atomic mass is 9.91. The molecule has 5 rings (SSSR count). The third kappa shape index (κ3) is 6.62. The summed E-state index contributed by atoms with van der Waals surface area (Å²) in [7, 11) is 3.31. The van der Waals surface area contributed by atoms with Crippen molar-refractivity contribution >= 4 is 41.0 Å². The number of hydrogen-bond acceptors (Lipinski definition) is 9. The third-order valence-corrected chi connectivity index (χ3v) is 8.60. The number of likely N-dealkylation sites (tertiary alicyclic amines) is 1. The lowest BCUT2D eigenvalue weighted by Crippen LogP contribution is -2.45. The molecule has 1 aromatic carbocycles. The minimum atomic E-state index is -0.570. The van der Waals surface area contributed by atoms with Crippen LogP contribution in [0.5, 0.6) is 5.75 Å². The van der Waals surface area contributed by atoms with Crippen molar-refractivity contribution in [2.24, 2.45) is 11.3 Å². The van der Waals surface area contributed by atoms with E-state index in [-0.39, 0.29) is 31.1 Å². The molecule has 3 heterocycles. The molecule has 1 aromatic heterocycles. The summed E-state index contributed by atoms with van der Waals surface area (Å²) in [6.45, 7) is 8.35. The number of fused-ring (bicyclic) bond motifs is 1. The van der Waals surface area contributed by atoms with E-state index in [0.717, 1.165) is 37.9 Å². The highest BCUT2D eigenvalue weighted by Crippen LogP contribution is 2.40. The van der Waals surface area contributed by atoms with E-state index in [2.05, 4.69) is 27.4 Å². The van der Waals surface area contributed by atoms with E-state index in [4.69, 9.17) is 14.5 Å². The molecule has 1 atom stereocenters. The molecule has 1 aliphatic carbocycles. The Labute approximate surface area is 253 Å². The molecular formula is C31H43N7O5. The van der Waals surface area contributed by atoms with E-state index in [0.29, 0.717) is 60.2 Å². The summed E-state index contributed by atoms with van der Waals surface area (Å²) in [6, 6.07) is 5.38. The van der Waals surface area contributed by atoms with Gasteiger partial charge in [-0.15, -0.1) is 0 Å². The number of hydrogen-bond donors (Lipinski definition) is 2. The van der Waals surface area contributed by atoms with Crippen LogP contribution >= 0.6 is 0 Å². The second-order valence-electron chi connectivity index (χ2n) is 12.5. The molecule has 2 aliphatic heterocycles. The van der Waals surface area contributed by atoms with Crippen molar-refractivity contribution in [3.63, 3.8) is 0 Å². The maximum atomic E-state index is 13.3. The number of anilines is 4. The van der Waals surface area contributed by atoms with E-state index in [1.807, 2.05) is 13.8 Å². The number of benzene rings is 1. The summed E-state index contributed by atoms with van der Waals surface area (Å²) in [6.07, 6.45) is 6.79. The molecule has 0 spiro atoms. The highest BCUT2D eigenvalue weighted by atomic mass is 16.6. The molecule has 2 fully saturated rings. The molecular weight excluding hydrogens is 550 g/mol. The predicted molar refractivity (Wildman–Crippen MR) is 164 cm³/mol. The van der Waals surface area contributed by atoms with Crippen molar-refractivity contribution in [1.82, 2.24) is 20.2 Å². The molecule has 43 heavy (non-hydrogen) atoms. The number of ether oxygens (including phenoxy) is 2. The molecule has 1 saturated carbocycles. The van der Waals surface area contributed by atoms with Crippen LogP contribution in [0.2, 0.25) is 0 Å². The number of nitrogens with one attached hydrogen (secondary N) is 2. The van der Waals surface area contributed by atoms with Gasteiger partial charge >= 0.3 is 6.09 Å². The molecule has 12 nitrogen and oxygen atoms in total. The number of aromatic nitrogens is 2. The second-order valence-corrected chi connectivity index (χ2v) is 12.5. The summed E-state index contributed by atoms with van der Waals surface area (Å²) in [5.74, 6) is 1.76. The molecule has 232 valence electrons. The van der Waals surface area contributed by atoms with Gasteiger partial charge in [-0.1, -0.05) is 19.8 Å². The zero-order chi connectivity index (χ0) is 30.7. The minimum Gasteiger partial charge on any atom is -0.495 e. The number of carbonyl (C=O) groups is 3. The SMILES string of the molecule is COc1cc(C(=O)NCCOC(=O)N2CC[C@@H](C)C2)ccc1Nc1ncc2c(n1)N(C1CCCC1)CC(C)(C)C(=O)N2C. The number of rotatable bonds is 8. The van der Waals surface area contributed by atoms with Crippen molar-refractivity contribution in [2.75, 3.05) is 62.1 Å². The highest BCUT2D eigenvalue weighted by molar-refractivity contribution is 6.01. The number of carbonyl (C=O) groups excluding carboxylic acids is 3. The zero-order valence-corrected chi connectivity index (χ0v) is 25.8. The lowest BCUT2D eigenvalue weighted by Gasteiger charge is -2.34. The van der Waals surface area contributed by atoms with Gasteiger partial charge in [0.25, 0.3) is 5.91 Å². The van der Waals surface area contributed by atoms with Crippen LogP contribution < -0.4 is 25.2 Å². The summed E-state index contributed by atoms with van der Waals surface area (Å²) in [5, 5.41) is 6.03. The molecule has 3 aliphatic rings. The first kappa shape index (κ1) is 30.4. The van der Waals surface area contributed by atoms with Gasteiger partial charge < -0.3 is 34.8 Å². The molecule has 2 N–H and O–H groups in total. The monoisotopic (exact) mass is 593 g/mol. The Morgan fingerprint density at radius 3 is 2.63 bits per heavy atom. The summed E-state index contributed by atoms with van der Waals surface area (Å²) >= 11 is 0. The zero-order valence-electron chi connectivity index (χ0n) is 25.8. The largest absolute Gasteiger partial charge is 0.495 e. The molecule has 12 heteroatoms. The van der Waals surface area contributed by atoms with Crippen LogP contribution in [0.15, 0.2) is 24.4 Å². The third-order valence-electron chi connectivity index (χ3n) is 8.60. The Morgan fingerprint density at radius 2 is 1.93 bits per heavy atom. The standard InChI is InChI=1S/C31H43N7O5/c1-20-12-14-37(18-20)30(41)43-15-13-32-27(39)21-10-11-23(25(16-21)42-5)34-29-33-17-24-26(35-29)38(22-8-6-7-9-22)19-31(2,3)28(40)36(24)4/h10-11,16-17,20,22H,6-9,12-15,18-19H2,1-5H3,(H,32,39)(H,33,34,35)/t20-/m1/s1. The van der Waals surface area contributed by atoms with Gasteiger partial charge in [0.2, 0.25) is 11.9 Å². The first-order chi connectivity index (χ1) is 20.6. The predicted octanol–water partition coefficient (Wildman–Crippen LogP) is 4.19. The van der Waals surface area contributed by atoms with Gasteiger partial charge in [0, 0.05) is 38.3 Å². The average molecular weight is 594 g/mol. The van der Waals surface area contributed by atoms with Crippen molar-refractivity contribution in [3.8, 4) is 5.75 Å².